The summed E-state index contributed by atoms with van der Waals surface area (Å²) in [4.78, 5) is 8.15. The maximum atomic E-state index is 13.6. The van der Waals surface area contributed by atoms with Crippen molar-refractivity contribution in [2.24, 2.45) is 5.92 Å². The van der Waals surface area contributed by atoms with Crippen molar-refractivity contribution < 1.29 is 9.13 Å². The average Bonchev–Trinajstić information content (AvgIpc) is 3.28. The molecule has 0 radical (unpaired) electrons. The van der Waals surface area contributed by atoms with Crippen molar-refractivity contribution in [1.29, 1.82) is 0 Å². The second-order valence-electron chi connectivity index (χ2n) is 5.16. The van der Waals surface area contributed by atoms with E-state index in [-0.39, 0.29) is 5.82 Å². The third-order valence-corrected chi connectivity index (χ3v) is 3.42. The Kier molecular flexibility index (Phi) is 4.06. The highest BCUT2D eigenvalue weighted by atomic mass is 19.1. The first-order valence-corrected chi connectivity index (χ1v) is 7.05. The zero-order valence-corrected chi connectivity index (χ0v) is 11.3. The average molecular weight is 275 g/mol. The molecule has 1 aromatic carbocycles. The Morgan fingerprint density at radius 3 is 3.05 bits per heavy atom. The van der Waals surface area contributed by atoms with Gasteiger partial charge in [0.1, 0.15) is 23.5 Å². The SMILES string of the molecule is Fc1cccc2c(NCCCOCC3CC3)ncnc12. The number of fused-ring (bicyclic) bond motifs is 1. The summed E-state index contributed by atoms with van der Waals surface area (Å²) in [5.74, 6) is 1.16. The number of nitrogens with zero attached hydrogens (tertiary/aromatic N) is 2. The van der Waals surface area contributed by atoms with Gasteiger partial charge in [0.2, 0.25) is 0 Å². The number of anilines is 1. The predicted molar refractivity (Wildman–Crippen MR) is 76.1 cm³/mol. The Bertz CT molecular complexity index is 586. The smallest absolute Gasteiger partial charge is 0.149 e. The minimum Gasteiger partial charge on any atom is -0.381 e. The topological polar surface area (TPSA) is 47.0 Å². The largest absolute Gasteiger partial charge is 0.381 e. The summed E-state index contributed by atoms with van der Waals surface area (Å²) in [7, 11) is 0. The lowest BCUT2D eigenvalue weighted by Gasteiger charge is -2.08. The lowest BCUT2D eigenvalue weighted by Crippen LogP contribution is -2.08. The Morgan fingerprint density at radius 1 is 1.30 bits per heavy atom. The van der Waals surface area contributed by atoms with E-state index in [1.54, 1.807) is 6.07 Å². The van der Waals surface area contributed by atoms with Crippen LogP contribution in [0.1, 0.15) is 19.3 Å². The maximum absolute atomic E-state index is 13.6. The van der Waals surface area contributed by atoms with Gasteiger partial charge in [-0.25, -0.2) is 14.4 Å². The number of hydrogen-bond acceptors (Lipinski definition) is 4. The highest BCUT2D eigenvalue weighted by Gasteiger charge is 2.20. The molecular formula is C15H18FN3O. The van der Waals surface area contributed by atoms with Crippen molar-refractivity contribution >= 4 is 16.7 Å². The number of para-hydroxylation sites is 1. The molecule has 1 heterocycles. The van der Waals surface area contributed by atoms with E-state index in [0.29, 0.717) is 16.7 Å². The molecule has 0 aliphatic heterocycles. The number of aromatic nitrogens is 2. The highest BCUT2D eigenvalue weighted by molar-refractivity contribution is 5.89. The van der Waals surface area contributed by atoms with Gasteiger partial charge in [-0.15, -0.1) is 0 Å². The van der Waals surface area contributed by atoms with E-state index in [4.69, 9.17) is 4.74 Å². The Hall–Kier alpha value is -1.75. The van der Waals surface area contributed by atoms with Gasteiger partial charge < -0.3 is 10.1 Å². The van der Waals surface area contributed by atoms with Crippen LogP contribution >= 0.6 is 0 Å². The van der Waals surface area contributed by atoms with Crippen LogP contribution in [-0.4, -0.2) is 29.7 Å². The fourth-order valence-electron chi connectivity index (χ4n) is 2.11. The van der Waals surface area contributed by atoms with Gasteiger partial charge in [0, 0.05) is 25.1 Å². The molecule has 0 bridgehead atoms. The van der Waals surface area contributed by atoms with Crippen LogP contribution < -0.4 is 5.32 Å². The number of benzene rings is 1. The summed E-state index contributed by atoms with van der Waals surface area (Å²) < 4.78 is 19.2. The third kappa shape index (κ3) is 3.22. The van der Waals surface area contributed by atoms with Gasteiger partial charge in [-0.05, 0) is 37.3 Å². The van der Waals surface area contributed by atoms with Crippen LogP contribution in [0.4, 0.5) is 10.2 Å². The molecule has 1 saturated carbocycles. The molecule has 5 heteroatoms. The van der Waals surface area contributed by atoms with Gasteiger partial charge in [0.05, 0.1) is 0 Å². The van der Waals surface area contributed by atoms with Crippen LogP contribution in [0, 0.1) is 11.7 Å². The third-order valence-electron chi connectivity index (χ3n) is 3.42. The van der Waals surface area contributed by atoms with Crippen LogP contribution in [0.5, 0.6) is 0 Å². The van der Waals surface area contributed by atoms with E-state index in [0.717, 1.165) is 32.1 Å². The second kappa shape index (κ2) is 6.13. The van der Waals surface area contributed by atoms with Crippen molar-refractivity contribution in [2.45, 2.75) is 19.3 Å². The normalized spacial score (nSPS) is 14.7. The van der Waals surface area contributed by atoms with Crippen molar-refractivity contribution in [3.8, 4) is 0 Å². The molecule has 0 atom stereocenters. The number of nitrogens with one attached hydrogen (secondary N) is 1. The summed E-state index contributed by atoms with van der Waals surface area (Å²) in [5.41, 5.74) is 0.356. The number of halogens is 1. The van der Waals surface area contributed by atoms with Gasteiger partial charge in [-0.2, -0.15) is 0 Å². The summed E-state index contributed by atoms with van der Waals surface area (Å²) >= 11 is 0. The lowest BCUT2D eigenvalue weighted by atomic mass is 10.2. The molecule has 2 aromatic rings. The summed E-state index contributed by atoms with van der Waals surface area (Å²) in [6, 6.07) is 4.90. The van der Waals surface area contributed by atoms with Crippen LogP contribution in [0.25, 0.3) is 10.9 Å². The van der Waals surface area contributed by atoms with Crippen LogP contribution in [0.2, 0.25) is 0 Å². The van der Waals surface area contributed by atoms with Crippen LogP contribution in [-0.2, 0) is 4.74 Å². The summed E-state index contributed by atoms with van der Waals surface area (Å²) in [6.07, 6.45) is 4.93. The van der Waals surface area contributed by atoms with Gasteiger partial charge in [-0.3, -0.25) is 0 Å². The van der Waals surface area contributed by atoms with Crippen molar-refractivity contribution in [3.05, 3.63) is 30.3 Å². The highest BCUT2D eigenvalue weighted by Crippen LogP contribution is 2.28. The minimum absolute atomic E-state index is 0.319. The molecule has 0 unspecified atom stereocenters. The first-order chi connectivity index (χ1) is 9.84. The maximum Gasteiger partial charge on any atom is 0.149 e. The molecule has 1 N–H and O–H groups in total. The zero-order valence-electron chi connectivity index (χ0n) is 11.3. The van der Waals surface area contributed by atoms with E-state index in [9.17, 15) is 4.39 Å². The van der Waals surface area contributed by atoms with E-state index < -0.39 is 0 Å². The van der Waals surface area contributed by atoms with E-state index in [1.165, 1.54) is 25.2 Å². The van der Waals surface area contributed by atoms with Gasteiger partial charge in [0.25, 0.3) is 0 Å². The zero-order chi connectivity index (χ0) is 13.8. The van der Waals surface area contributed by atoms with Gasteiger partial charge >= 0.3 is 0 Å². The molecule has 20 heavy (non-hydrogen) atoms. The first-order valence-electron chi connectivity index (χ1n) is 7.05. The summed E-state index contributed by atoms with van der Waals surface area (Å²) in [6.45, 7) is 2.40. The Balaban J connectivity index is 1.53. The molecule has 0 amide bonds. The number of rotatable bonds is 7. The fourth-order valence-corrected chi connectivity index (χ4v) is 2.11. The molecule has 0 saturated heterocycles. The number of ether oxygens (including phenoxy) is 1. The quantitative estimate of drug-likeness (QED) is 0.789. The minimum atomic E-state index is -0.319. The molecule has 1 fully saturated rings. The first kappa shape index (κ1) is 13.2. The van der Waals surface area contributed by atoms with Crippen LogP contribution in [0.15, 0.2) is 24.5 Å². The molecule has 1 aromatic heterocycles. The van der Waals surface area contributed by atoms with Crippen molar-refractivity contribution in [2.75, 3.05) is 25.1 Å². The fraction of sp³-hybridized carbons (Fsp3) is 0.467. The number of hydrogen-bond donors (Lipinski definition) is 1. The summed E-state index contributed by atoms with van der Waals surface area (Å²) in [5, 5.41) is 3.94. The van der Waals surface area contributed by atoms with E-state index in [1.807, 2.05) is 6.07 Å². The second-order valence-corrected chi connectivity index (χ2v) is 5.16. The molecule has 1 aliphatic carbocycles. The monoisotopic (exact) mass is 275 g/mol. The molecule has 0 spiro atoms. The standard InChI is InChI=1S/C15H18FN3O/c16-13-4-1-3-12-14(13)18-10-19-15(12)17-7-2-8-20-9-11-5-6-11/h1,3-4,10-11H,2,5-9H2,(H,17,18,19). The van der Waals surface area contributed by atoms with E-state index >= 15 is 0 Å². The van der Waals surface area contributed by atoms with Crippen LogP contribution in [0.3, 0.4) is 0 Å². The van der Waals surface area contributed by atoms with E-state index in [2.05, 4.69) is 15.3 Å². The van der Waals surface area contributed by atoms with Crippen molar-refractivity contribution in [3.63, 3.8) is 0 Å². The molecule has 3 rings (SSSR count). The predicted octanol–water partition coefficient (Wildman–Crippen LogP) is 3.00. The molecule has 106 valence electrons. The van der Waals surface area contributed by atoms with Gasteiger partial charge in [0.15, 0.2) is 0 Å². The van der Waals surface area contributed by atoms with Crippen molar-refractivity contribution in [1.82, 2.24) is 9.97 Å². The lowest BCUT2D eigenvalue weighted by molar-refractivity contribution is 0.124. The Labute approximate surface area is 117 Å². The molecule has 4 nitrogen and oxygen atoms in total. The molecule has 1 aliphatic rings. The Morgan fingerprint density at radius 2 is 2.20 bits per heavy atom. The molecular weight excluding hydrogens is 257 g/mol. The van der Waals surface area contributed by atoms with Gasteiger partial charge in [-0.1, -0.05) is 6.07 Å².